The Hall–Kier alpha value is -3.63. The van der Waals surface area contributed by atoms with E-state index in [4.69, 9.17) is 26.8 Å². The zero-order valence-electron chi connectivity index (χ0n) is 19.4. The van der Waals surface area contributed by atoms with E-state index in [-0.39, 0.29) is 38.0 Å². The van der Waals surface area contributed by atoms with Gasteiger partial charge in [0, 0.05) is 23.4 Å². The van der Waals surface area contributed by atoms with Gasteiger partial charge in [0.2, 0.25) is 30.1 Å². The Morgan fingerprint density at radius 2 is 1.97 bits per heavy atom. The first-order chi connectivity index (χ1) is 17.2. The van der Waals surface area contributed by atoms with Crippen LogP contribution in [0.3, 0.4) is 0 Å². The second kappa shape index (κ2) is 7.94. The lowest BCUT2D eigenvalue weighted by Crippen LogP contribution is -2.99. The number of fused-ring (bicyclic) bond motifs is 5. The summed E-state index contributed by atoms with van der Waals surface area (Å²) < 4.78 is 10.8. The minimum absolute atomic E-state index is 0.0358. The lowest BCUT2D eigenvalue weighted by Gasteiger charge is -2.26. The number of carbonyl (C=O) groups is 4. The van der Waals surface area contributed by atoms with Crippen LogP contribution < -0.4 is 25.8 Å². The molecular weight excluding hydrogens is 488 g/mol. The molecule has 1 spiro atoms. The maximum Gasteiger partial charge on any atom is 0.291 e. The number of primary amides is 1. The predicted octanol–water partition coefficient (Wildman–Crippen LogP) is 0.537. The summed E-state index contributed by atoms with van der Waals surface area (Å²) >= 11 is 6.30. The number of halogens is 1. The Morgan fingerprint density at radius 1 is 1.19 bits per heavy atom. The molecule has 0 radical (unpaired) electrons. The van der Waals surface area contributed by atoms with Crippen LogP contribution in [-0.2, 0) is 31.3 Å². The average molecular weight is 512 g/mol. The first-order valence-electron chi connectivity index (χ1n) is 11.7. The van der Waals surface area contributed by atoms with Crippen molar-refractivity contribution in [2.75, 3.05) is 12.1 Å². The SMILES string of the molecule is Cc1c(Cl)ccc2c1NC(=O)[C@]21[NH2+][C@@H](CCC(N)=O)[C@H]2C(=O)N(Cc3ccc4c(c3)OCO4)C(=O)[C@H]21. The molecule has 2 aromatic rings. The monoisotopic (exact) mass is 511 g/mol. The zero-order valence-corrected chi connectivity index (χ0v) is 20.1. The van der Waals surface area contributed by atoms with Gasteiger partial charge in [0.25, 0.3) is 5.91 Å². The molecule has 10 nitrogen and oxygen atoms in total. The fraction of sp³-hybridized carbons (Fsp3) is 0.360. The van der Waals surface area contributed by atoms with Crippen molar-refractivity contribution < 1.29 is 34.0 Å². The van der Waals surface area contributed by atoms with E-state index in [0.717, 1.165) is 0 Å². The summed E-state index contributed by atoms with van der Waals surface area (Å²) in [6, 6.07) is 8.22. The minimum atomic E-state index is -1.34. The highest BCUT2D eigenvalue weighted by Crippen LogP contribution is 2.51. The molecule has 0 saturated carbocycles. The number of anilines is 1. The lowest BCUT2D eigenvalue weighted by molar-refractivity contribution is -0.734. The van der Waals surface area contributed by atoms with Gasteiger partial charge in [0.15, 0.2) is 11.5 Å². The van der Waals surface area contributed by atoms with Crippen molar-refractivity contribution in [3.63, 3.8) is 0 Å². The van der Waals surface area contributed by atoms with Gasteiger partial charge in [-0.15, -0.1) is 0 Å². The Bertz CT molecular complexity index is 1360. The number of nitrogens with one attached hydrogen (secondary N) is 1. The highest BCUT2D eigenvalue weighted by atomic mass is 35.5. The highest BCUT2D eigenvalue weighted by molar-refractivity contribution is 6.32. The fourth-order valence-corrected chi connectivity index (χ4v) is 6.32. The molecule has 4 heterocycles. The Morgan fingerprint density at radius 3 is 2.75 bits per heavy atom. The van der Waals surface area contributed by atoms with E-state index < -0.39 is 35.2 Å². The van der Waals surface area contributed by atoms with Gasteiger partial charge < -0.3 is 25.8 Å². The fourth-order valence-electron chi connectivity index (χ4n) is 6.16. The van der Waals surface area contributed by atoms with E-state index in [1.165, 1.54) is 4.90 Å². The van der Waals surface area contributed by atoms with Crippen LogP contribution in [0.2, 0.25) is 5.02 Å². The zero-order chi connectivity index (χ0) is 25.4. The van der Waals surface area contributed by atoms with Crippen LogP contribution in [0.25, 0.3) is 0 Å². The lowest BCUT2D eigenvalue weighted by atomic mass is 9.76. The molecule has 186 valence electrons. The summed E-state index contributed by atoms with van der Waals surface area (Å²) in [5.41, 5.74) is 6.64. The number of hydrogen-bond donors (Lipinski definition) is 3. The molecule has 6 rings (SSSR count). The largest absolute Gasteiger partial charge is 0.454 e. The van der Waals surface area contributed by atoms with Crippen LogP contribution in [0.5, 0.6) is 11.5 Å². The molecule has 4 atom stereocenters. The summed E-state index contributed by atoms with van der Waals surface area (Å²) in [5.74, 6) is -2.22. The third-order valence-corrected chi connectivity index (χ3v) is 8.24. The van der Waals surface area contributed by atoms with Gasteiger partial charge in [0.05, 0.1) is 12.2 Å². The number of benzene rings is 2. The molecule has 4 amide bonds. The highest BCUT2D eigenvalue weighted by Gasteiger charge is 2.74. The van der Waals surface area contributed by atoms with Crippen molar-refractivity contribution in [3.05, 3.63) is 52.0 Å². The van der Waals surface area contributed by atoms with Crippen molar-refractivity contribution in [2.45, 2.75) is 37.9 Å². The average Bonchev–Trinajstić information content (AvgIpc) is 3.57. The first kappa shape index (κ1) is 22.8. The minimum Gasteiger partial charge on any atom is -0.454 e. The van der Waals surface area contributed by atoms with Crippen molar-refractivity contribution in [3.8, 4) is 11.5 Å². The summed E-state index contributed by atoms with van der Waals surface area (Å²) in [4.78, 5) is 54.0. The van der Waals surface area contributed by atoms with E-state index in [0.29, 0.717) is 38.9 Å². The van der Waals surface area contributed by atoms with E-state index in [2.05, 4.69) is 5.32 Å². The number of ether oxygens (including phenoxy) is 2. The molecule has 2 aromatic carbocycles. The van der Waals surface area contributed by atoms with E-state index in [1.807, 2.05) is 0 Å². The maximum absolute atomic E-state index is 13.9. The molecule has 0 bridgehead atoms. The van der Waals surface area contributed by atoms with Crippen LogP contribution >= 0.6 is 11.6 Å². The van der Waals surface area contributed by atoms with Crippen molar-refractivity contribution in [1.82, 2.24) is 4.90 Å². The molecule has 4 aliphatic heterocycles. The summed E-state index contributed by atoms with van der Waals surface area (Å²) in [5, 5.41) is 5.18. The summed E-state index contributed by atoms with van der Waals surface area (Å²) in [7, 11) is 0. The van der Waals surface area contributed by atoms with Gasteiger partial charge >= 0.3 is 0 Å². The normalized spacial score (nSPS) is 27.6. The first-order valence-corrected chi connectivity index (χ1v) is 12.1. The van der Waals surface area contributed by atoms with Gasteiger partial charge in [-0.05, 0) is 42.3 Å². The van der Waals surface area contributed by atoms with Crippen LogP contribution in [0.15, 0.2) is 30.3 Å². The molecule has 0 aromatic heterocycles. The van der Waals surface area contributed by atoms with E-state index in [1.54, 1.807) is 42.6 Å². The molecular formula is C25H24ClN4O6+. The molecule has 0 aliphatic carbocycles. The number of imide groups is 1. The molecule has 36 heavy (non-hydrogen) atoms. The van der Waals surface area contributed by atoms with Crippen molar-refractivity contribution >= 4 is 40.9 Å². The molecule has 11 heteroatoms. The van der Waals surface area contributed by atoms with Crippen LogP contribution in [-0.4, -0.2) is 41.4 Å². The third kappa shape index (κ3) is 3.07. The van der Waals surface area contributed by atoms with Gasteiger partial charge in [-0.2, -0.15) is 0 Å². The Labute approximate surface area is 211 Å². The number of nitrogens with zero attached hydrogens (tertiary/aromatic N) is 1. The topological polar surface area (TPSA) is 145 Å². The molecule has 2 saturated heterocycles. The molecule has 0 unspecified atom stereocenters. The molecule has 4 aliphatic rings. The van der Waals surface area contributed by atoms with Gasteiger partial charge in [-0.3, -0.25) is 24.1 Å². The number of carbonyl (C=O) groups excluding carboxylic acids is 4. The van der Waals surface area contributed by atoms with Gasteiger partial charge in [0.1, 0.15) is 17.9 Å². The molecule has 5 N–H and O–H groups in total. The molecule has 2 fully saturated rings. The third-order valence-electron chi connectivity index (χ3n) is 7.83. The Kier molecular flexibility index (Phi) is 5.03. The van der Waals surface area contributed by atoms with Gasteiger partial charge in [-0.25, -0.2) is 0 Å². The Balaban J connectivity index is 1.41. The second-order valence-corrected chi connectivity index (χ2v) is 10.1. The predicted molar refractivity (Wildman–Crippen MR) is 126 cm³/mol. The maximum atomic E-state index is 13.9. The second-order valence-electron chi connectivity index (χ2n) is 9.71. The number of rotatable bonds is 5. The van der Waals surface area contributed by atoms with Gasteiger partial charge in [-0.1, -0.05) is 17.7 Å². The smallest absolute Gasteiger partial charge is 0.291 e. The van der Waals surface area contributed by atoms with E-state index >= 15 is 0 Å². The van der Waals surface area contributed by atoms with Crippen molar-refractivity contribution in [2.24, 2.45) is 17.6 Å². The summed E-state index contributed by atoms with van der Waals surface area (Å²) in [6.45, 7) is 1.95. The van der Waals surface area contributed by atoms with Crippen LogP contribution in [0.4, 0.5) is 5.69 Å². The number of quaternary nitrogens is 1. The van der Waals surface area contributed by atoms with Crippen LogP contribution in [0, 0.1) is 18.8 Å². The number of hydrogen-bond acceptors (Lipinski definition) is 6. The number of amides is 4. The van der Waals surface area contributed by atoms with Crippen LogP contribution in [0.1, 0.15) is 29.5 Å². The number of nitrogens with two attached hydrogens (primary N) is 2. The number of likely N-dealkylation sites (tertiary alicyclic amines) is 1. The van der Waals surface area contributed by atoms with Crippen molar-refractivity contribution in [1.29, 1.82) is 0 Å². The standard InChI is InChI=1S/C25H23ClN4O6/c1-11-14(26)4-3-13-21(11)28-24(34)25(13)20-19(15(29-25)5-7-18(27)31)22(32)30(23(20)33)9-12-2-6-16-17(8-12)36-10-35-16/h2-4,6,8,15,19-20,29H,5,7,9-10H2,1H3,(H2,27,31)(H,28,34)/p+1/t15-,19+,20-,25-/m0/s1. The van der Waals surface area contributed by atoms with E-state index in [9.17, 15) is 19.2 Å². The summed E-state index contributed by atoms with van der Waals surface area (Å²) in [6.07, 6.45) is 0.308. The quantitative estimate of drug-likeness (QED) is 0.500.